The van der Waals surface area contributed by atoms with Gasteiger partial charge < -0.3 is 10.1 Å². The fourth-order valence-electron chi connectivity index (χ4n) is 6.77. The Bertz CT molecular complexity index is 1210. The van der Waals surface area contributed by atoms with E-state index >= 15 is 0 Å². The van der Waals surface area contributed by atoms with Gasteiger partial charge in [0.05, 0.1) is 0 Å². The molecule has 0 amide bonds. The van der Waals surface area contributed by atoms with Gasteiger partial charge in [0.1, 0.15) is 11.5 Å². The molecule has 6 rings (SSSR count). The quantitative estimate of drug-likeness (QED) is 0.364. The maximum Gasteiger partial charge on any atom is 0.168 e. The summed E-state index contributed by atoms with van der Waals surface area (Å²) in [6.07, 6.45) is 11.3. The van der Waals surface area contributed by atoms with E-state index in [4.69, 9.17) is 4.74 Å². The molecule has 3 heteroatoms. The summed E-state index contributed by atoms with van der Waals surface area (Å²) < 4.78 is 6.60. The van der Waals surface area contributed by atoms with Gasteiger partial charge in [0.15, 0.2) is 5.78 Å². The van der Waals surface area contributed by atoms with Crippen molar-refractivity contribution in [2.75, 3.05) is 6.54 Å². The maximum atomic E-state index is 14.5. The van der Waals surface area contributed by atoms with Gasteiger partial charge in [0.2, 0.25) is 0 Å². The molecule has 0 bridgehead atoms. The van der Waals surface area contributed by atoms with Crippen LogP contribution < -0.4 is 10.1 Å². The van der Waals surface area contributed by atoms with Crippen LogP contribution >= 0.6 is 0 Å². The minimum atomic E-state index is -0.110. The van der Waals surface area contributed by atoms with Crippen LogP contribution in [0.1, 0.15) is 79.8 Å². The Morgan fingerprint density at radius 1 is 0.686 bits per heavy atom. The molecule has 35 heavy (non-hydrogen) atoms. The van der Waals surface area contributed by atoms with E-state index in [1.807, 2.05) is 48.5 Å². The molecule has 3 nitrogen and oxygen atoms in total. The summed E-state index contributed by atoms with van der Waals surface area (Å²) in [6.45, 7) is 0.980. The Hall–Kier alpha value is -2.91. The highest BCUT2D eigenvalue weighted by Crippen LogP contribution is 2.49. The summed E-state index contributed by atoms with van der Waals surface area (Å²) in [7, 11) is 0. The lowest BCUT2D eigenvalue weighted by atomic mass is 9.65. The molecule has 1 aliphatic carbocycles. The maximum absolute atomic E-state index is 14.5. The fourth-order valence-corrected chi connectivity index (χ4v) is 6.77. The van der Waals surface area contributed by atoms with E-state index in [0.29, 0.717) is 0 Å². The number of carbonyl (C=O) groups is 1. The second-order valence-corrected chi connectivity index (χ2v) is 10.8. The number of fused-ring (bicyclic) bond motifs is 6. The fraction of sp³-hybridized carbons (Fsp3) is 0.406. The predicted octanol–water partition coefficient (Wildman–Crippen LogP) is 8.11. The molecule has 3 aromatic rings. The number of rotatable bonds is 0. The topological polar surface area (TPSA) is 38.3 Å². The molecule has 2 unspecified atom stereocenters. The standard InChI is InChI=1S/C32H35NO2/c34-31-25-15-6-5-13-23(25)24-14-7-9-17-28(24)35-29-18-10-8-16-26(29)30-27(31)21-32(22-33-30)19-11-3-1-2-4-12-20-32/h5-10,13-18,27,30,33H,1-4,11-12,19-22H2. The third-order valence-corrected chi connectivity index (χ3v) is 8.60. The summed E-state index contributed by atoms with van der Waals surface area (Å²) in [5.41, 5.74) is 4.07. The first-order chi connectivity index (χ1) is 17.2. The van der Waals surface area contributed by atoms with Gasteiger partial charge in [-0.3, -0.25) is 4.79 Å². The van der Waals surface area contributed by atoms with Gasteiger partial charge in [-0.25, -0.2) is 0 Å². The zero-order valence-electron chi connectivity index (χ0n) is 20.5. The average Bonchev–Trinajstić information content (AvgIpc) is 3.01. The Morgan fingerprint density at radius 3 is 2.06 bits per heavy atom. The number of ketones is 1. The first-order valence-electron chi connectivity index (χ1n) is 13.5. The number of benzene rings is 3. The summed E-state index contributed by atoms with van der Waals surface area (Å²) >= 11 is 0. The van der Waals surface area contributed by atoms with Crippen LogP contribution in [0, 0.1) is 11.3 Å². The van der Waals surface area contributed by atoms with E-state index in [-0.39, 0.29) is 23.2 Å². The van der Waals surface area contributed by atoms with Gasteiger partial charge >= 0.3 is 0 Å². The van der Waals surface area contributed by atoms with Gasteiger partial charge in [-0.05, 0) is 42.4 Å². The Balaban J connectivity index is 1.49. The molecule has 180 valence electrons. The van der Waals surface area contributed by atoms with Crippen LogP contribution in [-0.2, 0) is 0 Å². The van der Waals surface area contributed by atoms with Gasteiger partial charge in [-0.1, -0.05) is 99.2 Å². The van der Waals surface area contributed by atoms with Crippen LogP contribution in [0.3, 0.4) is 0 Å². The van der Waals surface area contributed by atoms with E-state index in [2.05, 4.69) is 29.6 Å². The van der Waals surface area contributed by atoms with Crippen LogP contribution in [0.15, 0.2) is 72.8 Å². The van der Waals surface area contributed by atoms with Gasteiger partial charge in [0, 0.05) is 35.2 Å². The van der Waals surface area contributed by atoms with Gasteiger partial charge in [-0.15, -0.1) is 0 Å². The SMILES string of the molecule is O=C1c2ccccc2-c2ccccc2Oc2ccccc2C2NCC3(CCCCCCCC3)CC12. The normalized spacial score (nSPS) is 23.8. The summed E-state index contributed by atoms with van der Waals surface area (Å²) in [5.74, 6) is 1.80. The number of hydrogen-bond acceptors (Lipinski definition) is 3. The minimum absolute atomic E-state index is 0.0460. The van der Waals surface area contributed by atoms with Crippen molar-refractivity contribution in [1.82, 2.24) is 5.32 Å². The lowest BCUT2D eigenvalue weighted by molar-refractivity contribution is 0.0629. The van der Waals surface area contributed by atoms with Crippen LogP contribution in [0.2, 0.25) is 0 Å². The molecule has 2 aliphatic heterocycles. The average molecular weight is 466 g/mol. The minimum Gasteiger partial charge on any atom is -0.456 e. The van der Waals surface area contributed by atoms with Crippen molar-refractivity contribution in [2.24, 2.45) is 11.3 Å². The lowest BCUT2D eigenvalue weighted by Gasteiger charge is -2.46. The van der Waals surface area contributed by atoms with E-state index in [9.17, 15) is 4.79 Å². The molecule has 0 radical (unpaired) electrons. The Labute approximate surface area is 208 Å². The number of para-hydroxylation sites is 2. The molecular weight excluding hydrogens is 430 g/mol. The van der Waals surface area contributed by atoms with Crippen molar-refractivity contribution in [3.8, 4) is 22.6 Å². The zero-order valence-corrected chi connectivity index (χ0v) is 20.5. The van der Waals surface area contributed by atoms with Crippen molar-refractivity contribution in [2.45, 2.75) is 63.8 Å². The molecular formula is C32H35NO2. The van der Waals surface area contributed by atoms with Crippen molar-refractivity contribution in [3.63, 3.8) is 0 Å². The van der Waals surface area contributed by atoms with Crippen molar-refractivity contribution >= 4 is 5.78 Å². The summed E-state index contributed by atoms with van der Waals surface area (Å²) in [5, 5.41) is 3.91. The molecule has 3 aromatic carbocycles. The van der Waals surface area contributed by atoms with E-state index in [0.717, 1.165) is 46.7 Å². The van der Waals surface area contributed by atoms with Crippen molar-refractivity contribution in [3.05, 3.63) is 83.9 Å². The molecule has 1 spiro atoms. The Morgan fingerprint density at radius 2 is 1.29 bits per heavy atom. The highest BCUT2D eigenvalue weighted by Gasteiger charge is 2.45. The second kappa shape index (κ2) is 9.62. The molecule has 1 saturated carbocycles. The first kappa shape index (κ1) is 22.5. The molecule has 2 atom stereocenters. The zero-order chi connectivity index (χ0) is 23.7. The first-order valence-corrected chi connectivity index (χ1v) is 13.5. The van der Waals surface area contributed by atoms with E-state index in [1.165, 1.54) is 51.4 Å². The third kappa shape index (κ3) is 4.31. The van der Waals surface area contributed by atoms with Crippen LogP contribution in [-0.4, -0.2) is 12.3 Å². The molecule has 2 heterocycles. The highest BCUT2D eigenvalue weighted by molar-refractivity contribution is 6.05. The number of piperidine rings is 1. The lowest BCUT2D eigenvalue weighted by Crippen LogP contribution is -2.49. The molecule has 1 saturated heterocycles. The van der Waals surface area contributed by atoms with Crippen molar-refractivity contribution in [1.29, 1.82) is 0 Å². The van der Waals surface area contributed by atoms with Gasteiger partial charge in [-0.2, -0.15) is 0 Å². The van der Waals surface area contributed by atoms with Crippen molar-refractivity contribution < 1.29 is 9.53 Å². The van der Waals surface area contributed by atoms with Gasteiger partial charge in [0.25, 0.3) is 0 Å². The monoisotopic (exact) mass is 465 g/mol. The molecule has 2 fully saturated rings. The second-order valence-electron chi connectivity index (χ2n) is 10.8. The Kier molecular flexibility index (Phi) is 6.20. The number of Topliss-reactive ketones (excluding diaryl/α,β-unsaturated/α-hetero) is 1. The predicted molar refractivity (Wildman–Crippen MR) is 141 cm³/mol. The smallest absolute Gasteiger partial charge is 0.168 e. The number of nitrogens with one attached hydrogen (secondary N) is 1. The van der Waals surface area contributed by atoms with Crippen LogP contribution in [0.5, 0.6) is 11.5 Å². The number of carbonyl (C=O) groups excluding carboxylic acids is 1. The van der Waals surface area contributed by atoms with Crippen LogP contribution in [0.25, 0.3) is 11.1 Å². The summed E-state index contributed by atoms with van der Waals surface area (Å²) in [6, 6.07) is 24.5. The highest BCUT2D eigenvalue weighted by atomic mass is 16.5. The molecule has 3 aliphatic rings. The van der Waals surface area contributed by atoms with E-state index < -0.39 is 0 Å². The summed E-state index contributed by atoms with van der Waals surface area (Å²) in [4.78, 5) is 14.5. The molecule has 1 N–H and O–H groups in total. The number of hydrogen-bond donors (Lipinski definition) is 1. The number of ether oxygens (including phenoxy) is 1. The van der Waals surface area contributed by atoms with E-state index in [1.54, 1.807) is 0 Å². The largest absolute Gasteiger partial charge is 0.456 e. The molecule has 0 aromatic heterocycles. The third-order valence-electron chi connectivity index (χ3n) is 8.60. The van der Waals surface area contributed by atoms with Crippen LogP contribution in [0.4, 0.5) is 0 Å².